The van der Waals surface area contributed by atoms with Gasteiger partial charge in [0.25, 0.3) is 5.91 Å². The van der Waals surface area contributed by atoms with Crippen molar-refractivity contribution in [2.24, 2.45) is 0 Å². The molecular formula is C21H27F2N2O3+. The van der Waals surface area contributed by atoms with Gasteiger partial charge in [-0.3, -0.25) is 4.79 Å². The zero-order valence-corrected chi connectivity index (χ0v) is 16.6. The molecule has 0 saturated carbocycles. The first kappa shape index (κ1) is 21.6. The fourth-order valence-electron chi connectivity index (χ4n) is 2.79. The van der Waals surface area contributed by atoms with Crippen LogP contribution in [-0.4, -0.2) is 32.7 Å². The van der Waals surface area contributed by atoms with Crippen molar-refractivity contribution >= 4 is 11.6 Å². The molecule has 2 N–H and O–H groups in total. The molecule has 2 atom stereocenters. The monoisotopic (exact) mass is 393 g/mol. The molecule has 0 aliphatic rings. The number of aryl methyl sites for hydroxylation is 1. The number of halogens is 2. The lowest BCUT2D eigenvalue weighted by Gasteiger charge is -2.21. The summed E-state index contributed by atoms with van der Waals surface area (Å²) in [5, 5.41) is 2.93. The van der Waals surface area contributed by atoms with Crippen molar-refractivity contribution in [3.63, 3.8) is 0 Å². The Morgan fingerprint density at radius 2 is 1.75 bits per heavy atom. The van der Waals surface area contributed by atoms with Gasteiger partial charge in [0.05, 0.1) is 14.2 Å². The molecule has 0 heterocycles. The Morgan fingerprint density at radius 1 is 1.11 bits per heavy atom. The van der Waals surface area contributed by atoms with E-state index in [0.717, 1.165) is 22.6 Å². The number of rotatable bonds is 9. The summed E-state index contributed by atoms with van der Waals surface area (Å²) in [5.74, 6) is 0.130. The number of methoxy groups -OCH3 is 1. The van der Waals surface area contributed by atoms with Crippen molar-refractivity contribution in [3.8, 4) is 11.5 Å². The molecule has 5 nitrogen and oxygen atoms in total. The smallest absolute Gasteiger partial charge is 0.387 e. The zero-order chi connectivity index (χ0) is 20.7. The van der Waals surface area contributed by atoms with Gasteiger partial charge in [-0.05, 0) is 49.2 Å². The van der Waals surface area contributed by atoms with Gasteiger partial charge >= 0.3 is 6.61 Å². The number of alkyl halides is 2. The van der Waals surface area contributed by atoms with E-state index in [1.807, 2.05) is 38.2 Å². The Labute approximate surface area is 164 Å². The summed E-state index contributed by atoms with van der Waals surface area (Å²) in [6, 6.07) is 12.3. The predicted molar refractivity (Wildman–Crippen MR) is 104 cm³/mol. The summed E-state index contributed by atoms with van der Waals surface area (Å²) in [6.45, 7) is 1.53. The number of benzene rings is 2. The van der Waals surface area contributed by atoms with Gasteiger partial charge in [-0.15, -0.1) is 0 Å². The number of quaternary nitrogens is 1. The van der Waals surface area contributed by atoms with Crippen LogP contribution in [0.3, 0.4) is 0 Å². The van der Waals surface area contributed by atoms with Crippen LogP contribution in [0.2, 0.25) is 0 Å². The normalized spacial score (nSPS) is 13.1. The highest BCUT2D eigenvalue weighted by Crippen LogP contribution is 2.29. The van der Waals surface area contributed by atoms with Gasteiger partial charge in [-0.2, -0.15) is 8.78 Å². The third-order valence-corrected chi connectivity index (χ3v) is 4.69. The summed E-state index contributed by atoms with van der Waals surface area (Å²) >= 11 is 0. The fourth-order valence-corrected chi connectivity index (χ4v) is 2.79. The van der Waals surface area contributed by atoms with Gasteiger partial charge in [0.1, 0.15) is 6.54 Å². The quantitative estimate of drug-likeness (QED) is 0.689. The molecule has 152 valence electrons. The summed E-state index contributed by atoms with van der Waals surface area (Å²) < 4.78 is 34.4. The SMILES string of the molecule is CCc1ccc(NC(=O)[C@H](C)[NH+](C)Cc2ccc(OC(F)F)c(OC)c2)cc1. The maximum atomic E-state index is 12.5. The molecule has 0 aliphatic heterocycles. The first-order valence-electron chi connectivity index (χ1n) is 9.17. The molecular weight excluding hydrogens is 366 g/mol. The number of anilines is 1. The van der Waals surface area contributed by atoms with E-state index in [0.29, 0.717) is 6.54 Å². The molecule has 0 bridgehead atoms. The average Bonchev–Trinajstić information content (AvgIpc) is 2.68. The third kappa shape index (κ3) is 5.92. The lowest BCUT2D eigenvalue weighted by atomic mass is 10.1. The number of carbonyl (C=O) groups is 1. The topological polar surface area (TPSA) is 52.0 Å². The van der Waals surface area contributed by atoms with Crippen molar-refractivity contribution in [1.82, 2.24) is 0 Å². The van der Waals surface area contributed by atoms with E-state index >= 15 is 0 Å². The minimum atomic E-state index is -2.91. The molecule has 7 heteroatoms. The van der Waals surface area contributed by atoms with E-state index in [2.05, 4.69) is 17.0 Å². The second-order valence-corrected chi connectivity index (χ2v) is 6.65. The molecule has 0 saturated heterocycles. The van der Waals surface area contributed by atoms with E-state index in [1.54, 1.807) is 12.1 Å². The van der Waals surface area contributed by atoms with E-state index in [1.165, 1.54) is 18.7 Å². The van der Waals surface area contributed by atoms with Crippen LogP contribution in [-0.2, 0) is 17.8 Å². The highest BCUT2D eigenvalue weighted by molar-refractivity contribution is 5.93. The standard InChI is InChI=1S/C21H26F2N2O3/c1-5-15-6-9-17(10-7-15)24-20(26)14(2)25(3)13-16-8-11-18(28-21(22)23)19(12-16)27-4/h6-12,14,21H,5,13H2,1-4H3,(H,24,26)/p+1/t14-/m0/s1. The maximum Gasteiger partial charge on any atom is 0.387 e. The second-order valence-electron chi connectivity index (χ2n) is 6.65. The largest absolute Gasteiger partial charge is 0.493 e. The van der Waals surface area contributed by atoms with E-state index in [4.69, 9.17) is 4.74 Å². The molecule has 2 aromatic carbocycles. The Bertz CT molecular complexity index is 782. The van der Waals surface area contributed by atoms with E-state index in [-0.39, 0.29) is 23.4 Å². The first-order chi connectivity index (χ1) is 13.3. The molecule has 1 unspecified atom stereocenters. The Morgan fingerprint density at radius 3 is 2.32 bits per heavy atom. The van der Waals surface area contributed by atoms with Crippen LogP contribution in [0.4, 0.5) is 14.5 Å². The van der Waals surface area contributed by atoms with Crippen LogP contribution >= 0.6 is 0 Å². The van der Waals surface area contributed by atoms with Crippen molar-refractivity contribution in [2.75, 3.05) is 19.5 Å². The minimum absolute atomic E-state index is 0.0137. The summed E-state index contributed by atoms with van der Waals surface area (Å²) in [6.07, 6.45) is 0.947. The summed E-state index contributed by atoms with van der Waals surface area (Å²) in [5.41, 5.74) is 2.82. The molecule has 0 fully saturated rings. The van der Waals surface area contributed by atoms with Crippen LogP contribution in [0, 0.1) is 0 Å². The number of carbonyl (C=O) groups excluding carboxylic acids is 1. The number of likely N-dealkylation sites (N-methyl/N-ethyl adjacent to an activating group) is 1. The number of amides is 1. The molecule has 2 rings (SSSR count). The average molecular weight is 393 g/mol. The van der Waals surface area contributed by atoms with Gasteiger partial charge < -0.3 is 19.7 Å². The Hall–Kier alpha value is -2.67. The highest BCUT2D eigenvalue weighted by atomic mass is 19.3. The van der Waals surface area contributed by atoms with Crippen LogP contribution in [0.1, 0.15) is 25.0 Å². The molecule has 0 spiro atoms. The van der Waals surface area contributed by atoms with Crippen LogP contribution in [0.15, 0.2) is 42.5 Å². The van der Waals surface area contributed by atoms with E-state index in [9.17, 15) is 13.6 Å². The third-order valence-electron chi connectivity index (χ3n) is 4.69. The summed E-state index contributed by atoms with van der Waals surface area (Å²) in [4.78, 5) is 13.5. The number of nitrogens with one attached hydrogen (secondary N) is 2. The number of hydrogen-bond acceptors (Lipinski definition) is 3. The molecule has 0 aliphatic carbocycles. The Kier molecular flexibility index (Phi) is 7.75. The number of hydrogen-bond donors (Lipinski definition) is 2. The second kappa shape index (κ2) is 10.0. The lowest BCUT2D eigenvalue weighted by molar-refractivity contribution is -0.907. The van der Waals surface area contributed by atoms with Crippen LogP contribution < -0.4 is 19.7 Å². The zero-order valence-electron chi connectivity index (χ0n) is 16.6. The first-order valence-corrected chi connectivity index (χ1v) is 9.17. The van der Waals surface area contributed by atoms with Gasteiger partial charge in [0.2, 0.25) is 0 Å². The van der Waals surface area contributed by atoms with Crippen LogP contribution in [0.25, 0.3) is 0 Å². The number of ether oxygens (including phenoxy) is 2. The Balaban J connectivity index is 2.00. The van der Waals surface area contributed by atoms with Gasteiger partial charge in [0, 0.05) is 11.3 Å². The predicted octanol–water partition coefficient (Wildman–Crippen LogP) is 2.90. The molecule has 2 aromatic rings. The van der Waals surface area contributed by atoms with Gasteiger partial charge in [-0.25, -0.2) is 0 Å². The molecule has 0 radical (unpaired) electrons. The summed E-state index contributed by atoms with van der Waals surface area (Å²) in [7, 11) is 3.30. The molecule has 28 heavy (non-hydrogen) atoms. The highest BCUT2D eigenvalue weighted by Gasteiger charge is 2.22. The fraction of sp³-hybridized carbons (Fsp3) is 0.381. The van der Waals surface area contributed by atoms with Crippen LogP contribution in [0.5, 0.6) is 11.5 Å². The van der Waals surface area contributed by atoms with Crippen molar-refractivity contribution < 1.29 is 27.9 Å². The van der Waals surface area contributed by atoms with Crippen molar-refractivity contribution in [2.45, 2.75) is 39.5 Å². The molecule has 1 amide bonds. The van der Waals surface area contributed by atoms with Gasteiger partial charge in [0.15, 0.2) is 17.5 Å². The van der Waals surface area contributed by atoms with Crippen molar-refractivity contribution in [3.05, 3.63) is 53.6 Å². The molecule has 0 aromatic heterocycles. The minimum Gasteiger partial charge on any atom is -0.493 e. The lowest BCUT2D eigenvalue weighted by Crippen LogP contribution is -3.12. The van der Waals surface area contributed by atoms with Gasteiger partial charge in [-0.1, -0.05) is 19.1 Å². The maximum absolute atomic E-state index is 12.5. The van der Waals surface area contributed by atoms with E-state index < -0.39 is 6.61 Å². The van der Waals surface area contributed by atoms with Crippen molar-refractivity contribution in [1.29, 1.82) is 0 Å².